The Morgan fingerprint density at radius 2 is 1.51 bits per heavy atom. The van der Waals surface area contributed by atoms with Crippen molar-refractivity contribution in [2.75, 3.05) is 27.8 Å². The van der Waals surface area contributed by atoms with E-state index < -0.39 is 54.2 Å². The summed E-state index contributed by atoms with van der Waals surface area (Å²) in [6, 6.07) is 6.36. The maximum absolute atomic E-state index is 14.1. The lowest BCUT2D eigenvalue weighted by molar-refractivity contribution is -0.148. The zero-order valence-corrected chi connectivity index (χ0v) is 32.7. The first-order chi connectivity index (χ1) is 24.0. The van der Waals surface area contributed by atoms with E-state index >= 15 is 0 Å². The summed E-state index contributed by atoms with van der Waals surface area (Å²) in [4.78, 5) is 70.0. The number of likely N-dealkylation sites (N-methyl/N-ethyl adjacent to an activating group) is 1. The Balaban J connectivity index is 2.25. The predicted octanol–water partition coefficient (Wildman–Crippen LogP) is 4.15. The Bertz CT molecular complexity index is 1290. The van der Waals surface area contributed by atoms with Gasteiger partial charge in [-0.05, 0) is 36.2 Å². The highest BCUT2D eigenvalue weighted by Gasteiger charge is 2.43. The van der Waals surface area contributed by atoms with Gasteiger partial charge in [0.25, 0.3) is 0 Å². The third-order valence-corrected chi connectivity index (χ3v) is 10.8. The number of hydrogen-bond donors (Lipinski definition) is 3. The van der Waals surface area contributed by atoms with E-state index in [4.69, 9.17) is 9.47 Å². The number of benzene rings is 1. The van der Waals surface area contributed by atoms with Crippen molar-refractivity contribution >= 4 is 29.6 Å². The van der Waals surface area contributed by atoms with Crippen molar-refractivity contribution in [3.8, 4) is 0 Å². The molecular formula is C39H64N4O8. The largest absolute Gasteiger partial charge is 0.480 e. The number of likely N-dealkylation sites (tertiary alicyclic amines) is 1. The van der Waals surface area contributed by atoms with Crippen molar-refractivity contribution in [3.63, 3.8) is 0 Å². The fourth-order valence-electron chi connectivity index (χ4n) is 6.98. The van der Waals surface area contributed by atoms with Crippen LogP contribution in [0.15, 0.2) is 30.3 Å². The van der Waals surface area contributed by atoms with Crippen molar-refractivity contribution in [3.05, 3.63) is 35.9 Å². The van der Waals surface area contributed by atoms with E-state index in [-0.39, 0.29) is 54.2 Å². The molecule has 1 aromatic rings. The summed E-state index contributed by atoms with van der Waals surface area (Å²) in [6.07, 6.45) is 0.867. The van der Waals surface area contributed by atoms with Crippen molar-refractivity contribution in [2.45, 2.75) is 124 Å². The fraction of sp³-hybridized carbons (Fsp3) is 0.718. The number of carboxylic acids is 1. The maximum atomic E-state index is 14.1. The van der Waals surface area contributed by atoms with Crippen LogP contribution in [0.5, 0.6) is 0 Å². The lowest BCUT2D eigenvalue weighted by Crippen LogP contribution is -2.58. The highest BCUT2D eigenvalue weighted by Crippen LogP contribution is 2.30. The van der Waals surface area contributed by atoms with E-state index in [1.807, 2.05) is 78.8 Å². The van der Waals surface area contributed by atoms with Crippen LogP contribution in [0.1, 0.15) is 86.6 Å². The van der Waals surface area contributed by atoms with Gasteiger partial charge in [0.15, 0.2) is 0 Å². The van der Waals surface area contributed by atoms with Crippen LogP contribution < -0.4 is 10.6 Å². The minimum atomic E-state index is -1.14. The molecule has 1 aliphatic heterocycles. The number of amides is 4. The molecule has 1 fully saturated rings. The predicted molar refractivity (Wildman–Crippen MR) is 197 cm³/mol. The number of carboxylic acid groups (broad SMARTS) is 1. The monoisotopic (exact) mass is 716 g/mol. The van der Waals surface area contributed by atoms with Gasteiger partial charge in [-0.3, -0.25) is 19.2 Å². The zero-order valence-electron chi connectivity index (χ0n) is 32.7. The third kappa shape index (κ3) is 11.8. The van der Waals surface area contributed by atoms with Crippen molar-refractivity contribution < 1.29 is 38.6 Å². The van der Waals surface area contributed by atoms with E-state index in [1.54, 1.807) is 23.8 Å². The van der Waals surface area contributed by atoms with Crippen LogP contribution in [-0.2, 0) is 39.9 Å². The standard InChI is InChI=1S/C39H64N4O8/c1-12-25(6)34(42(9)38(47)33(24(4)5)41-36(45)26(7)23(2)3)31(50-10)22-32(44)43-20-16-19-30(43)35(51-11)27(8)37(46)40-29(39(48)49)21-28-17-14-13-15-18-28/h13-15,17-18,23-27,29-31,33-35H,12,16,19-22H2,1-11H3,(H,40,46)(H,41,45)(H,48,49)/t25-,26-,27+,29-,30-,31+,33-,34-,35+/m0/s1. The number of carbonyl (C=O) groups excluding carboxylic acids is 4. The molecule has 1 aliphatic rings. The Kier molecular flexibility index (Phi) is 17.6. The van der Waals surface area contributed by atoms with Gasteiger partial charge in [-0.1, -0.05) is 92.1 Å². The van der Waals surface area contributed by atoms with E-state index in [0.29, 0.717) is 19.4 Å². The normalized spacial score (nSPS) is 19.4. The topological polar surface area (TPSA) is 155 Å². The molecule has 12 nitrogen and oxygen atoms in total. The zero-order chi connectivity index (χ0) is 38.6. The average molecular weight is 717 g/mol. The second kappa shape index (κ2) is 20.5. The lowest BCUT2D eigenvalue weighted by atomic mass is 9.89. The fourth-order valence-corrected chi connectivity index (χ4v) is 6.98. The minimum absolute atomic E-state index is 0.00209. The number of rotatable bonds is 20. The first-order valence-corrected chi connectivity index (χ1v) is 18.5. The van der Waals surface area contributed by atoms with Gasteiger partial charge < -0.3 is 35.0 Å². The molecule has 1 aromatic carbocycles. The van der Waals surface area contributed by atoms with E-state index in [9.17, 15) is 29.1 Å². The van der Waals surface area contributed by atoms with E-state index in [2.05, 4.69) is 10.6 Å². The van der Waals surface area contributed by atoms with Crippen LogP contribution in [0, 0.1) is 29.6 Å². The number of hydrogen-bond acceptors (Lipinski definition) is 7. The van der Waals surface area contributed by atoms with Crippen LogP contribution in [0.4, 0.5) is 0 Å². The molecule has 9 atom stereocenters. The molecule has 51 heavy (non-hydrogen) atoms. The second-order valence-corrected chi connectivity index (χ2v) is 14.9. The van der Waals surface area contributed by atoms with Crippen LogP contribution in [0.2, 0.25) is 0 Å². The summed E-state index contributed by atoms with van der Waals surface area (Å²) in [5.74, 6) is -3.27. The van der Waals surface area contributed by atoms with Crippen LogP contribution in [0.25, 0.3) is 0 Å². The Morgan fingerprint density at radius 1 is 0.902 bits per heavy atom. The first-order valence-electron chi connectivity index (χ1n) is 18.5. The summed E-state index contributed by atoms with van der Waals surface area (Å²) < 4.78 is 11.8. The Labute approximate surface area is 305 Å². The molecule has 0 saturated carbocycles. The number of ether oxygens (including phenoxy) is 2. The summed E-state index contributed by atoms with van der Waals surface area (Å²) in [5, 5.41) is 15.5. The lowest BCUT2D eigenvalue weighted by Gasteiger charge is -2.41. The third-order valence-electron chi connectivity index (χ3n) is 10.8. The van der Waals surface area contributed by atoms with Gasteiger partial charge >= 0.3 is 5.97 Å². The molecular weight excluding hydrogens is 652 g/mol. The highest BCUT2D eigenvalue weighted by molar-refractivity contribution is 5.89. The van der Waals surface area contributed by atoms with Crippen LogP contribution in [0.3, 0.4) is 0 Å². The number of methoxy groups -OCH3 is 2. The first kappa shape index (κ1) is 43.7. The maximum Gasteiger partial charge on any atom is 0.326 e. The molecule has 0 aliphatic carbocycles. The molecule has 288 valence electrons. The molecule has 3 N–H and O–H groups in total. The molecule has 0 aromatic heterocycles. The van der Waals surface area contributed by atoms with Crippen LogP contribution in [-0.4, -0.2) is 109 Å². The molecule has 2 rings (SSSR count). The Morgan fingerprint density at radius 3 is 2.02 bits per heavy atom. The van der Waals surface area contributed by atoms with Gasteiger partial charge in [0.05, 0.1) is 36.6 Å². The molecule has 1 heterocycles. The Hall–Kier alpha value is -3.51. The summed E-state index contributed by atoms with van der Waals surface area (Å²) in [5.41, 5.74) is 0.787. The molecule has 1 saturated heterocycles. The van der Waals surface area contributed by atoms with Gasteiger partial charge in [-0.15, -0.1) is 0 Å². The highest BCUT2D eigenvalue weighted by atomic mass is 16.5. The van der Waals surface area contributed by atoms with E-state index in [0.717, 1.165) is 12.0 Å². The van der Waals surface area contributed by atoms with Crippen LogP contribution >= 0.6 is 0 Å². The summed E-state index contributed by atoms with van der Waals surface area (Å²) in [6.45, 7) is 15.8. The number of aliphatic carboxylic acids is 1. The van der Waals surface area contributed by atoms with Gasteiger partial charge in [0, 0.05) is 40.2 Å². The van der Waals surface area contributed by atoms with Gasteiger partial charge in [-0.25, -0.2) is 4.79 Å². The molecule has 0 unspecified atom stereocenters. The number of nitrogens with zero attached hydrogens (tertiary/aromatic N) is 2. The average Bonchev–Trinajstić information content (AvgIpc) is 3.59. The molecule has 0 radical (unpaired) electrons. The minimum Gasteiger partial charge on any atom is -0.480 e. The molecule has 4 amide bonds. The molecule has 12 heteroatoms. The van der Waals surface area contributed by atoms with Gasteiger partial charge in [0.2, 0.25) is 23.6 Å². The molecule has 0 bridgehead atoms. The van der Waals surface area contributed by atoms with Crippen molar-refractivity contribution in [1.82, 2.24) is 20.4 Å². The number of nitrogens with one attached hydrogen (secondary N) is 2. The van der Waals surface area contributed by atoms with Crippen molar-refractivity contribution in [2.24, 2.45) is 29.6 Å². The smallest absolute Gasteiger partial charge is 0.326 e. The summed E-state index contributed by atoms with van der Waals surface area (Å²) in [7, 11) is 4.75. The molecule has 0 spiro atoms. The number of carbonyl (C=O) groups is 5. The summed E-state index contributed by atoms with van der Waals surface area (Å²) >= 11 is 0. The van der Waals surface area contributed by atoms with Crippen molar-refractivity contribution in [1.29, 1.82) is 0 Å². The SMILES string of the molecule is CC[C@H](C)[C@@H]([C@@H](CC(=O)N1CCC[C@H]1[C@H](OC)[C@@H](C)C(=O)N[C@@H](Cc1ccccc1)C(=O)O)OC)N(C)C(=O)[C@@H](NC(=O)[C@@H](C)C(C)C)C(C)C. The van der Waals surface area contributed by atoms with Gasteiger partial charge in [0.1, 0.15) is 12.1 Å². The van der Waals surface area contributed by atoms with E-state index in [1.165, 1.54) is 14.2 Å². The second-order valence-electron chi connectivity index (χ2n) is 14.9. The quantitative estimate of drug-likeness (QED) is 0.182. The van der Waals surface area contributed by atoms with Gasteiger partial charge in [-0.2, -0.15) is 0 Å².